The zero-order chi connectivity index (χ0) is 17.1. The van der Waals surface area contributed by atoms with E-state index in [1.54, 1.807) is 4.68 Å². The van der Waals surface area contributed by atoms with E-state index < -0.39 is 17.7 Å². The highest BCUT2D eigenvalue weighted by atomic mass is 19.1. The number of aromatic nitrogens is 2. The molecule has 0 aliphatic heterocycles. The Labute approximate surface area is 132 Å². The summed E-state index contributed by atoms with van der Waals surface area (Å²) in [5.74, 6) is -2.27. The first-order valence-electron chi connectivity index (χ1n) is 7.13. The number of hydrogen-bond donors (Lipinski definition) is 2. The number of aromatic carboxylic acids is 1. The van der Waals surface area contributed by atoms with Crippen LogP contribution in [0.2, 0.25) is 0 Å². The zero-order valence-electron chi connectivity index (χ0n) is 13.1. The van der Waals surface area contributed by atoms with Crippen molar-refractivity contribution in [2.24, 2.45) is 0 Å². The zero-order valence-corrected chi connectivity index (χ0v) is 13.1. The molecule has 2 rings (SSSR count). The SMILES string of the molecule is Cc1cc(C)n([C@@H](C)CC(=O)Nc2cc(C(=O)O)ccc2F)n1. The van der Waals surface area contributed by atoms with Gasteiger partial charge < -0.3 is 10.4 Å². The topological polar surface area (TPSA) is 84.2 Å². The average molecular weight is 319 g/mol. The number of rotatable bonds is 5. The van der Waals surface area contributed by atoms with Crippen LogP contribution >= 0.6 is 0 Å². The van der Waals surface area contributed by atoms with E-state index in [1.165, 1.54) is 0 Å². The lowest BCUT2D eigenvalue weighted by Crippen LogP contribution is -2.19. The molecule has 1 amide bonds. The summed E-state index contributed by atoms with van der Waals surface area (Å²) in [4.78, 5) is 23.0. The Balaban J connectivity index is 2.09. The average Bonchev–Trinajstić information content (AvgIpc) is 2.79. The van der Waals surface area contributed by atoms with E-state index in [0.717, 1.165) is 29.6 Å². The molecule has 7 heteroatoms. The van der Waals surface area contributed by atoms with Gasteiger partial charge >= 0.3 is 5.97 Å². The van der Waals surface area contributed by atoms with Gasteiger partial charge in [0.05, 0.1) is 23.0 Å². The number of halogens is 1. The van der Waals surface area contributed by atoms with Crippen molar-refractivity contribution in [2.75, 3.05) is 5.32 Å². The Morgan fingerprint density at radius 2 is 2.04 bits per heavy atom. The highest BCUT2D eigenvalue weighted by molar-refractivity contribution is 5.94. The summed E-state index contributed by atoms with van der Waals surface area (Å²) in [6, 6.07) is 4.97. The molecule has 1 aromatic heterocycles. The molecule has 0 aliphatic rings. The van der Waals surface area contributed by atoms with Gasteiger partial charge in [-0.3, -0.25) is 9.48 Å². The van der Waals surface area contributed by atoms with Gasteiger partial charge in [-0.2, -0.15) is 5.10 Å². The summed E-state index contributed by atoms with van der Waals surface area (Å²) in [5, 5.41) is 15.6. The van der Waals surface area contributed by atoms with E-state index in [4.69, 9.17) is 5.11 Å². The number of carbonyl (C=O) groups excluding carboxylic acids is 1. The molecule has 2 aromatic rings. The third-order valence-electron chi connectivity index (χ3n) is 3.43. The van der Waals surface area contributed by atoms with Crippen molar-refractivity contribution >= 4 is 17.6 Å². The fraction of sp³-hybridized carbons (Fsp3) is 0.312. The third-order valence-corrected chi connectivity index (χ3v) is 3.43. The Morgan fingerprint density at radius 3 is 2.61 bits per heavy atom. The second kappa shape index (κ2) is 6.60. The van der Waals surface area contributed by atoms with Crippen LogP contribution in [-0.4, -0.2) is 26.8 Å². The van der Waals surface area contributed by atoms with Gasteiger partial charge in [-0.15, -0.1) is 0 Å². The minimum atomic E-state index is -1.18. The van der Waals surface area contributed by atoms with Crippen molar-refractivity contribution in [2.45, 2.75) is 33.2 Å². The number of carbonyl (C=O) groups is 2. The van der Waals surface area contributed by atoms with Crippen LogP contribution in [0, 0.1) is 19.7 Å². The maximum Gasteiger partial charge on any atom is 0.335 e. The Morgan fingerprint density at radius 1 is 1.35 bits per heavy atom. The summed E-state index contributed by atoms with van der Waals surface area (Å²) >= 11 is 0. The molecule has 0 bridgehead atoms. The molecule has 0 saturated carbocycles. The van der Waals surface area contributed by atoms with Crippen LogP contribution in [0.5, 0.6) is 0 Å². The molecule has 0 radical (unpaired) electrons. The third kappa shape index (κ3) is 3.94. The maximum atomic E-state index is 13.7. The Bertz CT molecular complexity index is 755. The normalized spacial score (nSPS) is 12.0. The van der Waals surface area contributed by atoms with Gasteiger partial charge in [-0.05, 0) is 45.0 Å². The minimum Gasteiger partial charge on any atom is -0.478 e. The van der Waals surface area contributed by atoms with Gasteiger partial charge in [0.2, 0.25) is 5.91 Å². The number of benzene rings is 1. The van der Waals surface area contributed by atoms with Crippen LogP contribution in [-0.2, 0) is 4.79 Å². The Hall–Kier alpha value is -2.70. The number of carboxylic acid groups (broad SMARTS) is 1. The fourth-order valence-corrected chi connectivity index (χ4v) is 2.40. The number of nitrogens with one attached hydrogen (secondary N) is 1. The molecular formula is C16H18FN3O3. The lowest BCUT2D eigenvalue weighted by molar-refractivity contribution is -0.116. The molecule has 0 fully saturated rings. The second-order valence-corrected chi connectivity index (χ2v) is 5.47. The first kappa shape index (κ1) is 16.7. The van der Waals surface area contributed by atoms with Crippen molar-refractivity contribution in [1.82, 2.24) is 9.78 Å². The van der Waals surface area contributed by atoms with E-state index in [2.05, 4.69) is 10.4 Å². The summed E-state index contributed by atoms with van der Waals surface area (Å²) in [7, 11) is 0. The van der Waals surface area contributed by atoms with Gasteiger partial charge in [0.15, 0.2) is 0 Å². The summed E-state index contributed by atoms with van der Waals surface area (Å²) in [6.45, 7) is 5.59. The number of hydrogen-bond acceptors (Lipinski definition) is 3. The molecule has 6 nitrogen and oxygen atoms in total. The van der Waals surface area contributed by atoms with Crippen LogP contribution < -0.4 is 5.32 Å². The van der Waals surface area contributed by atoms with E-state index in [1.807, 2.05) is 26.8 Å². The van der Waals surface area contributed by atoms with Crippen molar-refractivity contribution in [1.29, 1.82) is 0 Å². The van der Waals surface area contributed by atoms with E-state index in [-0.39, 0.29) is 23.7 Å². The van der Waals surface area contributed by atoms with Gasteiger partial charge in [0.1, 0.15) is 5.82 Å². The summed E-state index contributed by atoms with van der Waals surface area (Å²) < 4.78 is 15.4. The monoisotopic (exact) mass is 319 g/mol. The molecular weight excluding hydrogens is 301 g/mol. The van der Waals surface area contributed by atoms with Gasteiger partial charge in [-0.25, -0.2) is 9.18 Å². The highest BCUT2D eigenvalue weighted by Gasteiger charge is 2.16. The largest absolute Gasteiger partial charge is 0.478 e. The number of anilines is 1. The number of amides is 1. The maximum absolute atomic E-state index is 13.7. The smallest absolute Gasteiger partial charge is 0.335 e. The van der Waals surface area contributed by atoms with Crippen LogP contribution in [0.4, 0.5) is 10.1 Å². The first-order valence-corrected chi connectivity index (χ1v) is 7.13. The quantitative estimate of drug-likeness (QED) is 0.887. The minimum absolute atomic E-state index is 0.0895. The second-order valence-electron chi connectivity index (χ2n) is 5.47. The molecule has 0 spiro atoms. The van der Waals surface area contributed by atoms with E-state index in [0.29, 0.717) is 0 Å². The van der Waals surface area contributed by atoms with Gasteiger partial charge in [0, 0.05) is 12.1 Å². The molecule has 0 aliphatic carbocycles. The standard InChI is InChI=1S/C16H18FN3O3/c1-9-6-10(2)20(19-9)11(3)7-15(21)18-14-8-12(16(22)23)4-5-13(14)17/h4-6,8,11H,7H2,1-3H3,(H,18,21)(H,22,23)/t11-/m0/s1. The predicted octanol–water partition coefficient (Wildman–Crippen LogP) is 2.93. The Kier molecular flexibility index (Phi) is 4.78. The summed E-state index contributed by atoms with van der Waals surface area (Å²) in [5.41, 5.74) is 1.56. The number of carboxylic acids is 1. The molecule has 0 unspecified atom stereocenters. The molecule has 1 aromatic carbocycles. The lowest BCUT2D eigenvalue weighted by Gasteiger charge is -2.14. The predicted molar refractivity (Wildman–Crippen MR) is 83.0 cm³/mol. The van der Waals surface area contributed by atoms with Crippen LogP contribution in [0.15, 0.2) is 24.3 Å². The van der Waals surface area contributed by atoms with Crippen LogP contribution in [0.3, 0.4) is 0 Å². The van der Waals surface area contributed by atoms with Gasteiger partial charge in [0.25, 0.3) is 0 Å². The molecule has 1 heterocycles. The summed E-state index contributed by atoms with van der Waals surface area (Å²) in [6.07, 6.45) is 0.0959. The molecule has 2 N–H and O–H groups in total. The van der Waals surface area contributed by atoms with Crippen LogP contribution in [0.1, 0.15) is 41.1 Å². The van der Waals surface area contributed by atoms with Crippen molar-refractivity contribution in [3.8, 4) is 0 Å². The van der Waals surface area contributed by atoms with Crippen molar-refractivity contribution < 1.29 is 19.1 Å². The number of nitrogens with zero attached hydrogens (tertiary/aromatic N) is 2. The van der Waals surface area contributed by atoms with Crippen LogP contribution in [0.25, 0.3) is 0 Å². The van der Waals surface area contributed by atoms with Crippen molar-refractivity contribution in [3.63, 3.8) is 0 Å². The molecule has 122 valence electrons. The lowest BCUT2D eigenvalue weighted by atomic mass is 10.1. The molecule has 23 heavy (non-hydrogen) atoms. The molecule has 1 atom stereocenters. The van der Waals surface area contributed by atoms with Crippen molar-refractivity contribution in [3.05, 3.63) is 47.0 Å². The molecule has 0 saturated heterocycles. The first-order chi connectivity index (χ1) is 10.8. The van der Waals surface area contributed by atoms with Gasteiger partial charge in [-0.1, -0.05) is 0 Å². The van der Waals surface area contributed by atoms with E-state index in [9.17, 15) is 14.0 Å². The van der Waals surface area contributed by atoms with E-state index >= 15 is 0 Å². The fourth-order valence-electron chi connectivity index (χ4n) is 2.40. The number of aryl methyl sites for hydroxylation is 2. The highest BCUT2D eigenvalue weighted by Crippen LogP contribution is 2.19.